The van der Waals surface area contributed by atoms with Crippen LogP contribution in [0.15, 0.2) is 22.7 Å². The predicted molar refractivity (Wildman–Crippen MR) is 63.6 cm³/mol. The number of hydrogen-bond donors (Lipinski definition) is 1. The second kappa shape index (κ2) is 6.08. The number of methoxy groups -OCH3 is 1. The van der Waals surface area contributed by atoms with E-state index in [1.54, 1.807) is 19.2 Å². The molecule has 0 amide bonds. The number of anilines is 1. The zero-order chi connectivity index (χ0) is 11.3. The smallest absolute Gasteiger partial charge is 0.146 e. The number of halogens is 2. The van der Waals surface area contributed by atoms with Gasteiger partial charge in [-0.05, 0) is 24.1 Å². The van der Waals surface area contributed by atoms with Crippen LogP contribution in [0.5, 0.6) is 0 Å². The number of benzene rings is 1. The van der Waals surface area contributed by atoms with Crippen LogP contribution in [0.25, 0.3) is 0 Å². The quantitative estimate of drug-likeness (QED) is 0.891. The van der Waals surface area contributed by atoms with Gasteiger partial charge in [0, 0.05) is 18.1 Å². The van der Waals surface area contributed by atoms with Gasteiger partial charge in [0.15, 0.2) is 0 Å². The molecule has 1 N–H and O–H groups in total. The Labute approximate surface area is 98.0 Å². The second-order valence-corrected chi connectivity index (χ2v) is 4.48. The average Bonchev–Trinajstić information content (AvgIpc) is 2.20. The van der Waals surface area contributed by atoms with Crippen LogP contribution < -0.4 is 5.32 Å². The van der Waals surface area contributed by atoms with Crippen LogP contribution in [-0.4, -0.2) is 20.3 Å². The van der Waals surface area contributed by atoms with Crippen molar-refractivity contribution in [2.45, 2.75) is 6.92 Å². The molecule has 2 nitrogen and oxygen atoms in total. The van der Waals surface area contributed by atoms with Crippen molar-refractivity contribution in [3.8, 4) is 0 Å². The first-order chi connectivity index (χ1) is 7.13. The Morgan fingerprint density at radius 3 is 2.93 bits per heavy atom. The Morgan fingerprint density at radius 2 is 2.27 bits per heavy atom. The van der Waals surface area contributed by atoms with Crippen LogP contribution in [0, 0.1) is 11.7 Å². The topological polar surface area (TPSA) is 21.3 Å². The summed E-state index contributed by atoms with van der Waals surface area (Å²) in [6, 6.07) is 4.85. The normalized spacial score (nSPS) is 12.5. The predicted octanol–water partition coefficient (Wildman–Crippen LogP) is 3.28. The summed E-state index contributed by atoms with van der Waals surface area (Å²) >= 11 is 3.30. The lowest BCUT2D eigenvalue weighted by molar-refractivity contribution is 0.164. The lowest BCUT2D eigenvalue weighted by atomic mass is 10.2. The highest BCUT2D eigenvalue weighted by molar-refractivity contribution is 9.10. The standard InChI is InChI=1S/C11H15BrFNO/c1-8(7-15-2)6-14-11-5-9(12)3-4-10(11)13/h3-5,8,14H,6-7H2,1-2H3. The molecule has 0 radical (unpaired) electrons. The van der Waals surface area contributed by atoms with Crippen molar-refractivity contribution in [3.63, 3.8) is 0 Å². The largest absolute Gasteiger partial charge is 0.384 e. The van der Waals surface area contributed by atoms with Crippen LogP contribution in [0.4, 0.5) is 10.1 Å². The van der Waals surface area contributed by atoms with Gasteiger partial charge in [-0.2, -0.15) is 0 Å². The molecule has 0 saturated heterocycles. The van der Waals surface area contributed by atoms with E-state index in [1.165, 1.54) is 6.07 Å². The fraction of sp³-hybridized carbons (Fsp3) is 0.455. The maximum Gasteiger partial charge on any atom is 0.146 e. The summed E-state index contributed by atoms with van der Waals surface area (Å²) in [5.74, 6) is 0.121. The van der Waals surface area contributed by atoms with Gasteiger partial charge in [0.2, 0.25) is 0 Å². The van der Waals surface area contributed by atoms with Gasteiger partial charge in [0.05, 0.1) is 12.3 Å². The number of hydrogen-bond acceptors (Lipinski definition) is 2. The van der Waals surface area contributed by atoms with Crippen LogP contribution in [0.3, 0.4) is 0 Å². The van der Waals surface area contributed by atoms with Gasteiger partial charge in [0.1, 0.15) is 5.82 Å². The Balaban J connectivity index is 2.53. The van der Waals surface area contributed by atoms with Gasteiger partial charge >= 0.3 is 0 Å². The third-order valence-corrected chi connectivity index (χ3v) is 2.51. The third-order valence-electron chi connectivity index (χ3n) is 2.02. The summed E-state index contributed by atoms with van der Waals surface area (Å²) in [7, 11) is 1.66. The summed E-state index contributed by atoms with van der Waals surface area (Å²) in [5, 5.41) is 3.05. The van der Waals surface area contributed by atoms with E-state index in [9.17, 15) is 4.39 Å². The molecule has 0 spiro atoms. The molecule has 1 rings (SSSR count). The molecule has 0 aliphatic heterocycles. The van der Waals surface area contributed by atoms with E-state index in [0.29, 0.717) is 24.8 Å². The number of rotatable bonds is 5. The monoisotopic (exact) mass is 275 g/mol. The van der Waals surface area contributed by atoms with E-state index < -0.39 is 0 Å². The minimum atomic E-state index is -0.234. The van der Waals surface area contributed by atoms with Crippen LogP contribution >= 0.6 is 15.9 Å². The number of ether oxygens (including phenoxy) is 1. The van der Waals surface area contributed by atoms with Crippen molar-refractivity contribution in [1.82, 2.24) is 0 Å². The summed E-state index contributed by atoms with van der Waals surface area (Å²) in [6.07, 6.45) is 0. The van der Waals surface area contributed by atoms with Crippen LogP contribution in [0.1, 0.15) is 6.92 Å². The maximum absolute atomic E-state index is 13.3. The van der Waals surface area contributed by atoms with E-state index >= 15 is 0 Å². The molecule has 1 aromatic carbocycles. The highest BCUT2D eigenvalue weighted by atomic mass is 79.9. The Bertz CT molecular complexity index is 319. The first-order valence-electron chi connectivity index (χ1n) is 4.81. The van der Waals surface area contributed by atoms with Crippen LogP contribution in [-0.2, 0) is 4.74 Å². The fourth-order valence-corrected chi connectivity index (χ4v) is 1.62. The first-order valence-corrected chi connectivity index (χ1v) is 5.60. The van der Waals surface area contributed by atoms with Gasteiger partial charge in [-0.15, -0.1) is 0 Å². The Hall–Kier alpha value is -0.610. The molecule has 1 atom stereocenters. The maximum atomic E-state index is 13.3. The minimum Gasteiger partial charge on any atom is -0.384 e. The van der Waals surface area contributed by atoms with E-state index in [0.717, 1.165) is 4.47 Å². The molecule has 1 unspecified atom stereocenters. The SMILES string of the molecule is COCC(C)CNc1cc(Br)ccc1F. The molecular formula is C11H15BrFNO. The van der Waals surface area contributed by atoms with E-state index in [1.807, 2.05) is 6.92 Å². The van der Waals surface area contributed by atoms with Gasteiger partial charge < -0.3 is 10.1 Å². The Morgan fingerprint density at radius 1 is 1.53 bits per heavy atom. The second-order valence-electron chi connectivity index (χ2n) is 3.57. The zero-order valence-electron chi connectivity index (χ0n) is 8.89. The van der Waals surface area contributed by atoms with Crippen molar-refractivity contribution < 1.29 is 9.13 Å². The first kappa shape index (κ1) is 12.5. The molecule has 1 aromatic rings. The molecule has 0 saturated carbocycles. The molecule has 0 fully saturated rings. The molecular weight excluding hydrogens is 261 g/mol. The molecule has 0 heterocycles. The van der Waals surface area contributed by atoms with Gasteiger partial charge in [-0.3, -0.25) is 0 Å². The lowest BCUT2D eigenvalue weighted by Gasteiger charge is -2.13. The van der Waals surface area contributed by atoms with Crippen molar-refractivity contribution >= 4 is 21.6 Å². The fourth-order valence-electron chi connectivity index (χ4n) is 1.26. The molecule has 84 valence electrons. The van der Waals surface area contributed by atoms with E-state index in [-0.39, 0.29) is 5.82 Å². The third kappa shape index (κ3) is 4.18. The molecule has 0 aromatic heterocycles. The molecule has 0 aliphatic carbocycles. The van der Waals surface area contributed by atoms with Gasteiger partial charge in [0.25, 0.3) is 0 Å². The molecule has 0 aliphatic rings. The van der Waals surface area contributed by atoms with E-state index in [2.05, 4.69) is 21.2 Å². The van der Waals surface area contributed by atoms with Crippen LogP contribution in [0.2, 0.25) is 0 Å². The molecule has 0 bridgehead atoms. The van der Waals surface area contributed by atoms with Crippen molar-refractivity contribution in [2.24, 2.45) is 5.92 Å². The molecule has 4 heteroatoms. The average molecular weight is 276 g/mol. The van der Waals surface area contributed by atoms with Gasteiger partial charge in [-0.1, -0.05) is 22.9 Å². The van der Waals surface area contributed by atoms with E-state index in [4.69, 9.17) is 4.74 Å². The molecule has 15 heavy (non-hydrogen) atoms. The minimum absolute atomic E-state index is 0.234. The number of nitrogens with one attached hydrogen (secondary N) is 1. The van der Waals surface area contributed by atoms with Crippen molar-refractivity contribution in [2.75, 3.05) is 25.6 Å². The highest BCUT2D eigenvalue weighted by Crippen LogP contribution is 2.20. The van der Waals surface area contributed by atoms with Crippen molar-refractivity contribution in [3.05, 3.63) is 28.5 Å². The zero-order valence-corrected chi connectivity index (χ0v) is 10.5. The summed E-state index contributed by atoms with van der Waals surface area (Å²) in [4.78, 5) is 0. The lowest BCUT2D eigenvalue weighted by Crippen LogP contribution is -2.16. The summed E-state index contributed by atoms with van der Waals surface area (Å²) < 4.78 is 19.2. The van der Waals surface area contributed by atoms with Gasteiger partial charge in [-0.25, -0.2) is 4.39 Å². The van der Waals surface area contributed by atoms with Crippen molar-refractivity contribution in [1.29, 1.82) is 0 Å². The highest BCUT2D eigenvalue weighted by Gasteiger charge is 2.05. The Kier molecular flexibility index (Phi) is 5.05. The summed E-state index contributed by atoms with van der Waals surface area (Å²) in [6.45, 7) is 3.41. The summed E-state index contributed by atoms with van der Waals surface area (Å²) in [5.41, 5.74) is 0.521.